The number of carbonyl (C=O) groups is 2. The number of likely N-dealkylation sites (tertiary alicyclic amines) is 1. The Morgan fingerprint density at radius 1 is 1.20 bits per heavy atom. The van der Waals surface area contributed by atoms with Gasteiger partial charge in [-0.2, -0.15) is 0 Å². The van der Waals surface area contributed by atoms with Crippen LogP contribution in [-0.2, 0) is 9.59 Å². The van der Waals surface area contributed by atoms with E-state index in [-0.39, 0.29) is 18.4 Å². The molecule has 1 heterocycles. The van der Waals surface area contributed by atoms with Gasteiger partial charge in [-0.25, -0.2) is 0 Å². The summed E-state index contributed by atoms with van der Waals surface area (Å²) in [6, 6.07) is 0. The van der Waals surface area contributed by atoms with E-state index in [1.165, 1.54) is 0 Å². The number of piperidine rings is 1. The summed E-state index contributed by atoms with van der Waals surface area (Å²) in [4.78, 5) is 24.0. The second-order valence-corrected chi connectivity index (χ2v) is 5.73. The Morgan fingerprint density at radius 3 is 2.35 bits per heavy atom. The van der Waals surface area contributed by atoms with Gasteiger partial charge in [-0.05, 0) is 38.1 Å². The van der Waals surface area contributed by atoms with Crippen molar-refractivity contribution in [3.8, 4) is 0 Å². The van der Waals surface area contributed by atoms with Crippen LogP contribution in [0.2, 0.25) is 0 Å². The molecule has 0 bridgehead atoms. The van der Waals surface area contributed by atoms with E-state index < -0.39 is 11.9 Å². The molecule has 0 radical (unpaired) electrons. The Kier molecular flexibility index (Phi) is 6.46. The van der Waals surface area contributed by atoms with E-state index in [4.69, 9.17) is 10.2 Å². The minimum atomic E-state index is -0.785. The molecule has 2 unspecified atom stereocenters. The highest BCUT2D eigenvalue weighted by Crippen LogP contribution is 2.41. The molecule has 0 saturated carbocycles. The number of carboxylic acid groups (broad SMARTS) is 2. The van der Waals surface area contributed by atoms with Crippen molar-refractivity contribution in [2.75, 3.05) is 13.1 Å². The minimum absolute atomic E-state index is 0.130. The topological polar surface area (TPSA) is 77.8 Å². The van der Waals surface area contributed by atoms with Crippen LogP contribution in [-0.4, -0.2) is 45.7 Å². The summed E-state index contributed by atoms with van der Waals surface area (Å²) < 4.78 is 0. The molecular weight excluding hydrogens is 258 g/mol. The van der Waals surface area contributed by atoms with Gasteiger partial charge < -0.3 is 10.2 Å². The number of hydrogen-bond donors (Lipinski definition) is 2. The second-order valence-electron chi connectivity index (χ2n) is 5.73. The summed E-state index contributed by atoms with van der Waals surface area (Å²) in [5, 5.41) is 17.9. The lowest BCUT2D eigenvalue weighted by atomic mass is 9.70. The van der Waals surface area contributed by atoms with Crippen LogP contribution in [0.5, 0.6) is 0 Å². The molecule has 5 nitrogen and oxygen atoms in total. The zero-order valence-electron chi connectivity index (χ0n) is 12.6. The largest absolute Gasteiger partial charge is 0.481 e. The second kappa shape index (κ2) is 7.62. The highest BCUT2D eigenvalue weighted by atomic mass is 16.4. The van der Waals surface area contributed by atoms with Crippen LogP contribution in [0.15, 0.2) is 0 Å². The predicted octanol–water partition coefficient (Wildman–Crippen LogP) is 2.60. The lowest BCUT2D eigenvalue weighted by molar-refractivity contribution is -0.141. The van der Waals surface area contributed by atoms with E-state index in [1.807, 2.05) is 0 Å². The summed E-state index contributed by atoms with van der Waals surface area (Å²) in [7, 11) is 0. The fraction of sp³-hybridized carbons (Fsp3) is 0.867. The molecule has 0 spiro atoms. The number of hydrogen-bond acceptors (Lipinski definition) is 3. The van der Waals surface area contributed by atoms with Crippen molar-refractivity contribution in [1.29, 1.82) is 0 Å². The molecule has 1 aliphatic heterocycles. The summed E-state index contributed by atoms with van der Waals surface area (Å²) in [5.41, 5.74) is -0.138. The monoisotopic (exact) mass is 285 g/mol. The van der Waals surface area contributed by atoms with E-state index in [0.717, 1.165) is 32.2 Å². The Balaban J connectivity index is 2.90. The molecule has 0 aliphatic carbocycles. The Labute approximate surface area is 121 Å². The average Bonchev–Trinajstić information content (AvgIpc) is 2.42. The van der Waals surface area contributed by atoms with Crippen molar-refractivity contribution in [3.05, 3.63) is 0 Å². The zero-order chi connectivity index (χ0) is 15.2. The molecular formula is C15H27NO4. The van der Waals surface area contributed by atoms with Crippen molar-refractivity contribution in [2.24, 2.45) is 5.92 Å². The maximum Gasteiger partial charge on any atom is 0.304 e. The van der Waals surface area contributed by atoms with Gasteiger partial charge in [0.15, 0.2) is 0 Å². The quantitative estimate of drug-likeness (QED) is 0.716. The lowest BCUT2D eigenvalue weighted by Gasteiger charge is -2.52. The smallest absolute Gasteiger partial charge is 0.304 e. The van der Waals surface area contributed by atoms with Crippen LogP contribution < -0.4 is 0 Å². The zero-order valence-corrected chi connectivity index (χ0v) is 12.6. The Morgan fingerprint density at radius 2 is 1.85 bits per heavy atom. The molecule has 1 aliphatic rings. The molecule has 0 aromatic heterocycles. The highest BCUT2D eigenvalue weighted by Gasteiger charge is 2.43. The van der Waals surface area contributed by atoms with Crippen LogP contribution in [0.25, 0.3) is 0 Å². The number of aliphatic carboxylic acids is 2. The van der Waals surface area contributed by atoms with Gasteiger partial charge in [-0.3, -0.25) is 14.5 Å². The fourth-order valence-corrected chi connectivity index (χ4v) is 3.80. The van der Waals surface area contributed by atoms with Gasteiger partial charge in [0.1, 0.15) is 0 Å². The van der Waals surface area contributed by atoms with Crippen molar-refractivity contribution >= 4 is 11.9 Å². The molecule has 116 valence electrons. The van der Waals surface area contributed by atoms with E-state index in [0.29, 0.717) is 18.9 Å². The predicted molar refractivity (Wildman–Crippen MR) is 76.7 cm³/mol. The van der Waals surface area contributed by atoms with E-state index in [1.54, 1.807) is 0 Å². The standard InChI is InChI=1S/C15H27NO4/c1-3-12-6-5-10-16(11-8-14(19)20)15(12,4-2)9-7-13(17)18/h12H,3-11H2,1-2H3,(H,17,18)(H,19,20). The van der Waals surface area contributed by atoms with Gasteiger partial charge in [0, 0.05) is 18.5 Å². The van der Waals surface area contributed by atoms with E-state index in [9.17, 15) is 9.59 Å². The van der Waals surface area contributed by atoms with E-state index in [2.05, 4.69) is 18.7 Å². The normalized spacial score (nSPS) is 27.4. The van der Waals surface area contributed by atoms with Gasteiger partial charge in [-0.1, -0.05) is 20.3 Å². The fourth-order valence-electron chi connectivity index (χ4n) is 3.80. The summed E-state index contributed by atoms with van der Waals surface area (Å²) in [6.07, 6.45) is 5.02. The minimum Gasteiger partial charge on any atom is -0.481 e. The number of nitrogens with zero attached hydrogens (tertiary/aromatic N) is 1. The third-order valence-electron chi connectivity index (χ3n) is 4.84. The maximum absolute atomic E-state index is 11.0. The molecule has 2 atom stereocenters. The summed E-state index contributed by atoms with van der Waals surface area (Å²) in [5.74, 6) is -1.09. The Bertz CT molecular complexity index is 345. The third kappa shape index (κ3) is 3.95. The van der Waals surface area contributed by atoms with Crippen LogP contribution in [0.1, 0.15) is 58.8 Å². The van der Waals surface area contributed by atoms with Gasteiger partial charge in [-0.15, -0.1) is 0 Å². The average molecular weight is 285 g/mol. The van der Waals surface area contributed by atoms with Gasteiger partial charge in [0.05, 0.1) is 6.42 Å². The molecule has 0 aromatic rings. The Hall–Kier alpha value is -1.10. The molecule has 5 heteroatoms. The first-order chi connectivity index (χ1) is 9.46. The first kappa shape index (κ1) is 17.0. The lowest BCUT2D eigenvalue weighted by Crippen LogP contribution is -2.57. The van der Waals surface area contributed by atoms with Gasteiger partial charge >= 0.3 is 11.9 Å². The summed E-state index contributed by atoms with van der Waals surface area (Å²) in [6.45, 7) is 5.66. The first-order valence-corrected chi connectivity index (χ1v) is 7.65. The molecule has 1 fully saturated rings. The number of carboxylic acids is 2. The van der Waals surface area contributed by atoms with Crippen molar-refractivity contribution in [1.82, 2.24) is 4.90 Å². The van der Waals surface area contributed by atoms with Crippen molar-refractivity contribution in [2.45, 2.75) is 64.3 Å². The third-order valence-corrected chi connectivity index (χ3v) is 4.84. The molecule has 1 saturated heterocycles. The summed E-state index contributed by atoms with van der Waals surface area (Å²) >= 11 is 0. The number of rotatable bonds is 8. The molecule has 0 amide bonds. The van der Waals surface area contributed by atoms with Crippen LogP contribution in [0, 0.1) is 5.92 Å². The van der Waals surface area contributed by atoms with Crippen molar-refractivity contribution in [3.63, 3.8) is 0 Å². The molecule has 2 N–H and O–H groups in total. The highest BCUT2D eigenvalue weighted by molar-refractivity contribution is 5.67. The van der Waals surface area contributed by atoms with Crippen LogP contribution in [0.4, 0.5) is 0 Å². The molecule has 0 aromatic carbocycles. The molecule has 20 heavy (non-hydrogen) atoms. The van der Waals surface area contributed by atoms with Crippen LogP contribution in [0.3, 0.4) is 0 Å². The first-order valence-electron chi connectivity index (χ1n) is 7.65. The van der Waals surface area contributed by atoms with Gasteiger partial charge in [0.2, 0.25) is 0 Å². The molecule has 1 rings (SSSR count). The van der Waals surface area contributed by atoms with Crippen molar-refractivity contribution < 1.29 is 19.8 Å². The van der Waals surface area contributed by atoms with Gasteiger partial charge in [0.25, 0.3) is 0 Å². The SMILES string of the molecule is CCC1CCCN(CCC(=O)O)C1(CC)CCC(=O)O. The van der Waals surface area contributed by atoms with E-state index >= 15 is 0 Å². The maximum atomic E-state index is 11.0. The van der Waals surface area contributed by atoms with Crippen LogP contribution >= 0.6 is 0 Å².